The third kappa shape index (κ3) is 2.72. The minimum absolute atomic E-state index is 0.0689. The highest BCUT2D eigenvalue weighted by Crippen LogP contribution is 2.37. The van der Waals surface area contributed by atoms with Crippen LogP contribution < -0.4 is 5.32 Å². The van der Waals surface area contributed by atoms with E-state index in [4.69, 9.17) is 11.6 Å². The Bertz CT molecular complexity index is 931. The predicted octanol–water partition coefficient (Wildman–Crippen LogP) is 5.67. The van der Waals surface area contributed by atoms with Gasteiger partial charge >= 0.3 is 0 Å². The van der Waals surface area contributed by atoms with Crippen molar-refractivity contribution >= 4 is 38.9 Å². The van der Waals surface area contributed by atoms with Crippen LogP contribution in [0.25, 0.3) is 10.1 Å². The Morgan fingerprint density at radius 1 is 1.25 bits per heavy atom. The van der Waals surface area contributed by atoms with E-state index in [1.807, 2.05) is 25.1 Å². The van der Waals surface area contributed by atoms with Crippen molar-refractivity contribution in [3.05, 3.63) is 69.1 Å². The summed E-state index contributed by atoms with van der Waals surface area (Å²) in [5.74, 6) is -0.0689. The number of hydrogen-bond donors (Lipinski definition) is 1. The second-order valence-electron chi connectivity index (χ2n) is 6.36. The Kier molecular flexibility index (Phi) is 4.07. The van der Waals surface area contributed by atoms with E-state index in [2.05, 4.69) is 29.6 Å². The van der Waals surface area contributed by atoms with Crippen LogP contribution in [0.3, 0.4) is 0 Å². The van der Waals surface area contributed by atoms with Crippen molar-refractivity contribution in [3.63, 3.8) is 0 Å². The first kappa shape index (κ1) is 15.7. The molecule has 1 heterocycles. The van der Waals surface area contributed by atoms with Crippen LogP contribution in [0.15, 0.2) is 42.5 Å². The van der Waals surface area contributed by atoms with E-state index in [1.165, 1.54) is 28.0 Å². The molecule has 0 spiro atoms. The molecule has 0 radical (unpaired) electrons. The van der Waals surface area contributed by atoms with E-state index < -0.39 is 0 Å². The molecular weight excluding hydrogens is 338 g/mol. The molecule has 1 aromatic heterocycles. The summed E-state index contributed by atoms with van der Waals surface area (Å²) in [7, 11) is 0. The van der Waals surface area contributed by atoms with Crippen LogP contribution in [0.1, 0.15) is 45.2 Å². The van der Waals surface area contributed by atoms with Crippen LogP contribution in [0.4, 0.5) is 0 Å². The molecule has 1 aliphatic rings. The lowest BCUT2D eigenvalue weighted by atomic mass is 9.88. The first-order chi connectivity index (χ1) is 11.6. The van der Waals surface area contributed by atoms with E-state index in [0.717, 1.165) is 29.3 Å². The summed E-state index contributed by atoms with van der Waals surface area (Å²) >= 11 is 7.94. The number of carbonyl (C=O) groups is 1. The number of halogens is 1. The molecule has 122 valence electrons. The van der Waals surface area contributed by atoms with Crippen LogP contribution in [0.2, 0.25) is 5.02 Å². The molecular formula is C20H18ClNOS. The SMILES string of the molecule is Cc1ccc2c(Cl)c(C(=O)N[C@H]3CCCc4ccccc43)sc2c1. The quantitative estimate of drug-likeness (QED) is 0.630. The molecule has 4 rings (SSSR count). The van der Waals surface area contributed by atoms with Crippen molar-refractivity contribution in [1.29, 1.82) is 0 Å². The summed E-state index contributed by atoms with van der Waals surface area (Å²) in [6, 6.07) is 14.6. The molecule has 0 unspecified atom stereocenters. The number of rotatable bonds is 2. The van der Waals surface area contributed by atoms with Gasteiger partial charge in [0, 0.05) is 10.1 Å². The maximum absolute atomic E-state index is 12.8. The Hall–Kier alpha value is -1.84. The minimum atomic E-state index is -0.0689. The van der Waals surface area contributed by atoms with E-state index in [0.29, 0.717) is 9.90 Å². The molecule has 3 aromatic rings. The van der Waals surface area contributed by atoms with Gasteiger partial charge in [-0.3, -0.25) is 4.79 Å². The molecule has 1 N–H and O–H groups in total. The van der Waals surface area contributed by atoms with Crippen LogP contribution in [0, 0.1) is 6.92 Å². The lowest BCUT2D eigenvalue weighted by molar-refractivity contribution is 0.0937. The Labute approximate surface area is 150 Å². The second kappa shape index (κ2) is 6.23. The molecule has 0 bridgehead atoms. The van der Waals surface area contributed by atoms with Crippen molar-refractivity contribution in [1.82, 2.24) is 5.32 Å². The molecule has 2 aromatic carbocycles. The molecule has 4 heteroatoms. The summed E-state index contributed by atoms with van der Waals surface area (Å²) < 4.78 is 1.06. The number of thiophene rings is 1. The van der Waals surface area contributed by atoms with E-state index in [-0.39, 0.29) is 11.9 Å². The lowest BCUT2D eigenvalue weighted by Gasteiger charge is -2.26. The Morgan fingerprint density at radius 3 is 2.96 bits per heavy atom. The molecule has 1 atom stereocenters. The van der Waals surface area contributed by atoms with Gasteiger partial charge in [-0.05, 0) is 48.9 Å². The van der Waals surface area contributed by atoms with Crippen LogP contribution in [-0.4, -0.2) is 5.91 Å². The zero-order valence-corrected chi connectivity index (χ0v) is 15.0. The van der Waals surface area contributed by atoms with Gasteiger partial charge in [-0.2, -0.15) is 0 Å². The average Bonchev–Trinajstić information content (AvgIpc) is 2.91. The van der Waals surface area contributed by atoms with Crippen LogP contribution >= 0.6 is 22.9 Å². The van der Waals surface area contributed by atoms with Crippen molar-refractivity contribution in [2.45, 2.75) is 32.2 Å². The van der Waals surface area contributed by atoms with Gasteiger partial charge in [0.2, 0.25) is 0 Å². The number of fused-ring (bicyclic) bond motifs is 2. The zero-order valence-electron chi connectivity index (χ0n) is 13.4. The monoisotopic (exact) mass is 355 g/mol. The molecule has 1 amide bonds. The largest absolute Gasteiger partial charge is 0.344 e. The fourth-order valence-corrected chi connectivity index (χ4v) is 4.96. The number of benzene rings is 2. The number of nitrogens with one attached hydrogen (secondary N) is 1. The summed E-state index contributed by atoms with van der Waals surface area (Å²) in [5.41, 5.74) is 3.76. The number of carbonyl (C=O) groups excluding carboxylic acids is 1. The molecule has 0 aliphatic heterocycles. The smallest absolute Gasteiger partial charge is 0.263 e. The maximum Gasteiger partial charge on any atom is 0.263 e. The normalized spacial score (nSPS) is 16.8. The summed E-state index contributed by atoms with van der Waals surface area (Å²) in [6.07, 6.45) is 3.16. The Morgan fingerprint density at radius 2 is 2.08 bits per heavy atom. The first-order valence-corrected chi connectivity index (χ1v) is 9.40. The highest BCUT2D eigenvalue weighted by molar-refractivity contribution is 7.21. The molecule has 2 nitrogen and oxygen atoms in total. The fourth-order valence-electron chi connectivity index (χ4n) is 3.45. The summed E-state index contributed by atoms with van der Waals surface area (Å²) in [6.45, 7) is 2.05. The molecule has 24 heavy (non-hydrogen) atoms. The van der Waals surface area contributed by atoms with Crippen molar-refractivity contribution in [2.75, 3.05) is 0 Å². The molecule has 1 aliphatic carbocycles. The second-order valence-corrected chi connectivity index (χ2v) is 7.79. The van der Waals surface area contributed by atoms with Gasteiger partial charge in [-0.1, -0.05) is 48.0 Å². The number of hydrogen-bond acceptors (Lipinski definition) is 2. The zero-order chi connectivity index (χ0) is 16.7. The lowest BCUT2D eigenvalue weighted by Crippen LogP contribution is -2.30. The third-order valence-corrected chi connectivity index (χ3v) is 6.32. The van der Waals surface area contributed by atoms with Gasteiger partial charge in [0.05, 0.1) is 11.1 Å². The Balaban J connectivity index is 1.65. The van der Waals surface area contributed by atoms with Gasteiger partial charge in [0.1, 0.15) is 4.88 Å². The molecule has 0 fully saturated rings. The predicted molar refractivity (Wildman–Crippen MR) is 101 cm³/mol. The summed E-state index contributed by atoms with van der Waals surface area (Å²) in [5, 5.41) is 4.72. The van der Waals surface area contributed by atoms with Crippen molar-refractivity contribution in [2.24, 2.45) is 0 Å². The summed E-state index contributed by atoms with van der Waals surface area (Å²) in [4.78, 5) is 13.4. The standard InChI is InChI=1S/C20H18ClNOS/c1-12-9-10-15-17(11-12)24-19(18(15)21)20(23)22-16-8-4-6-13-5-2-3-7-14(13)16/h2-3,5,7,9-11,16H,4,6,8H2,1H3,(H,22,23)/t16-/m0/s1. The van der Waals surface area contributed by atoms with E-state index >= 15 is 0 Å². The molecule has 0 saturated heterocycles. The van der Waals surface area contributed by atoms with Gasteiger partial charge in [-0.15, -0.1) is 11.3 Å². The highest BCUT2D eigenvalue weighted by Gasteiger charge is 2.24. The third-order valence-electron chi connectivity index (χ3n) is 4.67. The van der Waals surface area contributed by atoms with Gasteiger partial charge in [0.25, 0.3) is 5.91 Å². The number of amides is 1. The van der Waals surface area contributed by atoms with Crippen molar-refractivity contribution in [3.8, 4) is 0 Å². The average molecular weight is 356 g/mol. The van der Waals surface area contributed by atoms with Crippen LogP contribution in [-0.2, 0) is 6.42 Å². The topological polar surface area (TPSA) is 29.1 Å². The minimum Gasteiger partial charge on any atom is -0.344 e. The van der Waals surface area contributed by atoms with Gasteiger partial charge in [0.15, 0.2) is 0 Å². The molecule has 0 saturated carbocycles. The van der Waals surface area contributed by atoms with Crippen molar-refractivity contribution < 1.29 is 4.79 Å². The van der Waals surface area contributed by atoms with Gasteiger partial charge in [-0.25, -0.2) is 0 Å². The van der Waals surface area contributed by atoms with E-state index in [9.17, 15) is 4.79 Å². The van der Waals surface area contributed by atoms with Gasteiger partial charge < -0.3 is 5.32 Å². The van der Waals surface area contributed by atoms with E-state index in [1.54, 1.807) is 0 Å². The highest BCUT2D eigenvalue weighted by atomic mass is 35.5. The van der Waals surface area contributed by atoms with Crippen LogP contribution in [0.5, 0.6) is 0 Å². The fraction of sp³-hybridized carbons (Fsp3) is 0.250. The maximum atomic E-state index is 12.8. The first-order valence-electron chi connectivity index (χ1n) is 8.21. The number of aryl methyl sites for hydroxylation is 2.